The van der Waals surface area contributed by atoms with Gasteiger partial charge in [0, 0.05) is 24.7 Å². The lowest BCUT2D eigenvalue weighted by Crippen LogP contribution is -2.31. The zero-order valence-electron chi connectivity index (χ0n) is 15.3. The summed E-state index contributed by atoms with van der Waals surface area (Å²) in [6.45, 7) is 5.55. The molecule has 26 heavy (non-hydrogen) atoms. The van der Waals surface area contributed by atoms with Crippen LogP contribution in [-0.4, -0.2) is 36.0 Å². The van der Waals surface area contributed by atoms with Gasteiger partial charge in [0.05, 0.1) is 11.4 Å². The number of hydrogen-bond acceptors (Lipinski definition) is 6. The molecular formula is C18H26N4O3S. The number of sulfonamides is 1. The number of rotatable bonds is 6. The minimum Gasteiger partial charge on any atom is -0.376 e. The van der Waals surface area contributed by atoms with Gasteiger partial charge in [-0.2, -0.15) is 9.29 Å². The lowest BCUT2D eigenvalue weighted by molar-refractivity contribution is 0.376. The highest BCUT2D eigenvalue weighted by molar-refractivity contribution is 7.89. The van der Waals surface area contributed by atoms with Crippen molar-refractivity contribution in [3.8, 4) is 0 Å². The van der Waals surface area contributed by atoms with Crippen LogP contribution < -0.4 is 5.32 Å². The first-order valence-corrected chi connectivity index (χ1v) is 10.6. The number of nitrogens with zero attached hydrogens (tertiary/aromatic N) is 3. The molecule has 0 radical (unpaired) electrons. The van der Waals surface area contributed by atoms with Crippen molar-refractivity contribution in [2.45, 2.75) is 56.9 Å². The van der Waals surface area contributed by atoms with Crippen molar-refractivity contribution in [2.24, 2.45) is 0 Å². The fraction of sp³-hybridized carbons (Fsp3) is 0.556. The fourth-order valence-electron chi connectivity index (χ4n) is 2.95. The lowest BCUT2D eigenvalue weighted by atomic mass is 10.2. The summed E-state index contributed by atoms with van der Waals surface area (Å²) >= 11 is 0. The Morgan fingerprint density at radius 3 is 2.58 bits per heavy atom. The largest absolute Gasteiger partial charge is 0.376 e. The summed E-state index contributed by atoms with van der Waals surface area (Å²) < 4.78 is 32.6. The molecule has 1 saturated heterocycles. The number of aromatic nitrogens is 2. The minimum atomic E-state index is -3.46. The molecule has 8 heteroatoms. The van der Waals surface area contributed by atoms with Crippen LogP contribution in [0.3, 0.4) is 0 Å². The van der Waals surface area contributed by atoms with E-state index in [2.05, 4.69) is 15.5 Å². The second-order valence-electron chi connectivity index (χ2n) is 6.90. The molecule has 1 aromatic carbocycles. The third kappa shape index (κ3) is 4.42. The van der Waals surface area contributed by atoms with Crippen LogP contribution in [0.25, 0.3) is 0 Å². The highest BCUT2D eigenvalue weighted by atomic mass is 32.2. The van der Waals surface area contributed by atoms with Crippen molar-refractivity contribution in [3.63, 3.8) is 0 Å². The zero-order valence-corrected chi connectivity index (χ0v) is 16.1. The van der Waals surface area contributed by atoms with Crippen molar-refractivity contribution in [1.82, 2.24) is 14.4 Å². The summed E-state index contributed by atoms with van der Waals surface area (Å²) in [4.78, 5) is 4.63. The molecule has 0 atom stereocenters. The Morgan fingerprint density at radius 2 is 1.92 bits per heavy atom. The van der Waals surface area contributed by atoms with Gasteiger partial charge in [-0.15, -0.1) is 0 Å². The average Bonchev–Trinajstić information content (AvgIpc) is 2.93. The van der Waals surface area contributed by atoms with E-state index >= 15 is 0 Å². The Balaban J connectivity index is 1.70. The molecule has 1 N–H and O–H groups in total. The van der Waals surface area contributed by atoms with Crippen LogP contribution in [0.15, 0.2) is 33.7 Å². The topological polar surface area (TPSA) is 88.3 Å². The van der Waals surface area contributed by atoms with E-state index in [-0.39, 0.29) is 5.92 Å². The Kier molecular flexibility index (Phi) is 5.93. The molecule has 0 aliphatic carbocycles. The zero-order chi connectivity index (χ0) is 18.6. The van der Waals surface area contributed by atoms with E-state index < -0.39 is 10.0 Å². The van der Waals surface area contributed by atoms with E-state index in [1.54, 1.807) is 22.5 Å². The Morgan fingerprint density at radius 1 is 1.19 bits per heavy atom. The molecule has 1 aromatic heterocycles. The van der Waals surface area contributed by atoms with Gasteiger partial charge in [-0.05, 0) is 31.0 Å². The second-order valence-corrected chi connectivity index (χ2v) is 8.84. The third-order valence-electron chi connectivity index (χ3n) is 4.48. The molecule has 1 aliphatic heterocycles. The highest BCUT2D eigenvalue weighted by Crippen LogP contribution is 2.23. The van der Waals surface area contributed by atoms with Gasteiger partial charge in [0.25, 0.3) is 0 Å². The first-order valence-electron chi connectivity index (χ1n) is 9.13. The van der Waals surface area contributed by atoms with Crippen LogP contribution in [0.4, 0.5) is 5.69 Å². The molecule has 1 fully saturated rings. The normalized spacial score (nSPS) is 16.6. The van der Waals surface area contributed by atoms with Crippen molar-refractivity contribution in [2.75, 3.05) is 18.4 Å². The van der Waals surface area contributed by atoms with Crippen LogP contribution in [0.1, 0.15) is 57.2 Å². The summed E-state index contributed by atoms with van der Waals surface area (Å²) in [6.07, 6.45) is 4.03. The Bertz CT molecular complexity index is 824. The second kappa shape index (κ2) is 8.18. The summed E-state index contributed by atoms with van der Waals surface area (Å²) in [6, 6.07) is 6.90. The van der Waals surface area contributed by atoms with Crippen LogP contribution in [0, 0.1) is 0 Å². The number of benzene rings is 1. The smallest absolute Gasteiger partial charge is 0.245 e. The molecule has 0 unspecified atom stereocenters. The average molecular weight is 378 g/mol. The molecular weight excluding hydrogens is 352 g/mol. The van der Waals surface area contributed by atoms with Gasteiger partial charge in [-0.1, -0.05) is 37.9 Å². The Labute approximate surface area is 154 Å². The maximum atomic E-state index is 12.9. The molecule has 0 amide bonds. The molecule has 2 aromatic rings. The minimum absolute atomic E-state index is 0.203. The van der Waals surface area contributed by atoms with Gasteiger partial charge < -0.3 is 9.84 Å². The predicted molar refractivity (Wildman–Crippen MR) is 99.4 cm³/mol. The maximum Gasteiger partial charge on any atom is 0.245 e. The number of anilines is 1. The van der Waals surface area contributed by atoms with Gasteiger partial charge in [0.2, 0.25) is 15.9 Å². The van der Waals surface area contributed by atoms with Crippen molar-refractivity contribution in [1.29, 1.82) is 0 Å². The fourth-order valence-corrected chi connectivity index (χ4v) is 4.51. The number of hydrogen-bond donors (Lipinski definition) is 1. The summed E-state index contributed by atoms with van der Waals surface area (Å²) in [5.41, 5.74) is 0.713. The first kappa shape index (κ1) is 18.8. The van der Waals surface area contributed by atoms with Crippen molar-refractivity contribution >= 4 is 15.7 Å². The third-order valence-corrected chi connectivity index (χ3v) is 6.38. The molecule has 0 saturated carbocycles. The highest BCUT2D eigenvalue weighted by Gasteiger charge is 2.25. The van der Waals surface area contributed by atoms with Crippen LogP contribution >= 0.6 is 0 Å². The summed E-state index contributed by atoms with van der Waals surface area (Å²) in [5, 5.41) is 7.09. The van der Waals surface area contributed by atoms with Gasteiger partial charge in [-0.25, -0.2) is 8.42 Å². The lowest BCUT2D eigenvalue weighted by Gasteiger charge is -2.20. The molecule has 142 valence electrons. The van der Waals surface area contributed by atoms with E-state index in [9.17, 15) is 8.42 Å². The maximum absolute atomic E-state index is 12.9. The van der Waals surface area contributed by atoms with Crippen LogP contribution in [0.2, 0.25) is 0 Å². The molecule has 1 aliphatic rings. The SMILES string of the molecule is CC(C)c1noc(CNc2cccc(S(=O)(=O)N3CCCCCC3)c2)n1. The molecule has 7 nitrogen and oxygen atoms in total. The monoisotopic (exact) mass is 378 g/mol. The van der Waals surface area contributed by atoms with Gasteiger partial charge in [-0.3, -0.25) is 0 Å². The van der Waals surface area contributed by atoms with E-state index in [1.165, 1.54) is 0 Å². The van der Waals surface area contributed by atoms with Crippen LogP contribution in [0.5, 0.6) is 0 Å². The standard InChI is InChI=1S/C18H26N4O3S/c1-14(2)18-20-17(25-21-18)13-19-15-8-7-9-16(12-15)26(23,24)22-10-5-3-4-6-11-22/h7-9,12,14,19H,3-6,10-11,13H2,1-2H3. The molecule has 0 spiro atoms. The van der Waals surface area contributed by atoms with Crippen molar-refractivity contribution in [3.05, 3.63) is 36.0 Å². The van der Waals surface area contributed by atoms with Crippen molar-refractivity contribution < 1.29 is 12.9 Å². The van der Waals surface area contributed by atoms with Crippen LogP contribution in [-0.2, 0) is 16.6 Å². The Hall–Kier alpha value is -1.93. The number of nitrogens with one attached hydrogen (secondary N) is 1. The first-order chi connectivity index (χ1) is 12.5. The summed E-state index contributed by atoms with van der Waals surface area (Å²) in [7, 11) is -3.46. The molecule has 2 heterocycles. The molecule has 0 bridgehead atoms. The van der Waals surface area contributed by atoms with E-state index in [1.807, 2.05) is 19.9 Å². The van der Waals surface area contributed by atoms with Gasteiger partial charge in [0.1, 0.15) is 0 Å². The van der Waals surface area contributed by atoms with Gasteiger partial charge in [0.15, 0.2) is 5.82 Å². The molecule has 3 rings (SSSR count). The van der Waals surface area contributed by atoms with E-state index in [0.717, 1.165) is 25.7 Å². The van der Waals surface area contributed by atoms with E-state index in [4.69, 9.17) is 4.52 Å². The predicted octanol–water partition coefficient (Wildman–Crippen LogP) is 3.37. The quantitative estimate of drug-likeness (QED) is 0.829. The van der Waals surface area contributed by atoms with Gasteiger partial charge >= 0.3 is 0 Å². The van der Waals surface area contributed by atoms with E-state index in [0.29, 0.717) is 41.9 Å². The summed E-state index contributed by atoms with van der Waals surface area (Å²) in [5.74, 6) is 1.35.